The molecule has 0 N–H and O–H groups in total. The first kappa shape index (κ1) is 31.7. The van der Waals surface area contributed by atoms with E-state index in [-0.39, 0.29) is 25.4 Å². The number of rotatable bonds is 20. The van der Waals surface area contributed by atoms with Crippen LogP contribution in [0.4, 0.5) is 0 Å². The van der Waals surface area contributed by atoms with Crippen molar-refractivity contribution in [1.82, 2.24) is 4.90 Å². The third kappa shape index (κ3) is 19.5. The Morgan fingerprint density at radius 2 is 1.20 bits per heavy atom. The van der Waals surface area contributed by atoms with Crippen molar-refractivity contribution >= 4 is 5.97 Å². The van der Waals surface area contributed by atoms with Gasteiger partial charge in [-0.05, 0) is 63.2 Å². The quantitative estimate of drug-likeness (QED) is 0.175. The number of aliphatic carboxylic acids is 1. The molecular weight excluding hydrogens is 365 g/mol. The van der Waals surface area contributed by atoms with Crippen LogP contribution in [-0.4, -0.2) is 30.5 Å². The van der Waals surface area contributed by atoms with Crippen molar-refractivity contribution in [2.75, 3.05) is 19.6 Å². The van der Waals surface area contributed by atoms with E-state index in [9.17, 15) is 9.90 Å². The molecule has 0 rings (SSSR count). The molecule has 0 aromatic carbocycles. The zero-order valence-corrected chi connectivity index (χ0v) is 20.8. The second-order valence-corrected chi connectivity index (χ2v) is 8.44. The number of allylic oxidation sites excluding steroid dienone is 4. The summed E-state index contributed by atoms with van der Waals surface area (Å²) in [6.07, 6.45) is 23.2. The van der Waals surface area contributed by atoms with Crippen LogP contribution < -0.4 is 24.0 Å². The number of carboxylic acid groups (broad SMARTS) is 1. The van der Waals surface area contributed by atoms with Crippen molar-refractivity contribution in [1.29, 1.82) is 0 Å². The van der Waals surface area contributed by atoms with E-state index in [1.165, 1.54) is 51.4 Å². The molecule has 0 aliphatic carbocycles. The van der Waals surface area contributed by atoms with Gasteiger partial charge in [-0.15, -0.1) is 0 Å². The SMILES string of the molecule is CC/C=C/CCCCC(CC)CN(CC(=O)[O-])CC(CC)CCCC/C=C/CC.[Li+]. The van der Waals surface area contributed by atoms with Gasteiger partial charge in [-0.25, -0.2) is 0 Å². The van der Waals surface area contributed by atoms with Gasteiger partial charge in [0, 0.05) is 19.6 Å². The fourth-order valence-corrected chi connectivity index (χ4v) is 3.92. The molecule has 170 valence electrons. The summed E-state index contributed by atoms with van der Waals surface area (Å²) in [4.78, 5) is 13.5. The molecule has 0 radical (unpaired) electrons. The van der Waals surface area contributed by atoms with Crippen LogP contribution in [0, 0.1) is 11.8 Å². The van der Waals surface area contributed by atoms with E-state index >= 15 is 0 Å². The van der Waals surface area contributed by atoms with Gasteiger partial charge in [0.15, 0.2) is 0 Å². The smallest absolute Gasteiger partial charge is 0.549 e. The first-order valence-corrected chi connectivity index (χ1v) is 12.3. The molecule has 0 aromatic heterocycles. The van der Waals surface area contributed by atoms with Gasteiger partial charge in [0.1, 0.15) is 0 Å². The number of unbranched alkanes of at least 4 members (excludes halogenated alkanes) is 4. The molecule has 3 nitrogen and oxygen atoms in total. The zero-order valence-electron chi connectivity index (χ0n) is 20.8. The molecular formula is C26H48LiNO2. The third-order valence-corrected chi connectivity index (χ3v) is 5.81. The monoisotopic (exact) mass is 413 g/mol. The van der Waals surface area contributed by atoms with Gasteiger partial charge < -0.3 is 9.90 Å². The number of hydrogen-bond donors (Lipinski definition) is 0. The maximum absolute atomic E-state index is 11.3. The van der Waals surface area contributed by atoms with Crippen LogP contribution in [0.1, 0.15) is 105 Å². The summed E-state index contributed by atoms with van der Waals surface area (Å²) in [6.45, 7) is 10.7. The summed E-state index contributed by atoms with van der Waals surface area (Å²) in [6, 6.07) is 0. The average molecular weight is 414 g/mol. The number of carboxylic acids is 1. The topological polar surface area (TPSA) is 43.4 Å². The van der Waals surface area contributed by atoms with E-state index in [1.54, 1.807) is 0 Å². The fraction of sp³-hybridized carbons (Fsp3) is 0.808. The summed E-state index contributed by atoms with van der Waals surface area (Å²) in [5, 5.41) is 11.3. The third-order valence-electron chi connectivity index (χ3n) is 5.81. The van der Waals surface area contributed by atoms with Gasteiger partial charge in [-0.1, -0.05) is 77.7 Å². The van der Waals surface area contributed by atoms with Crippen molar-refractivity contribution in [3.63, 3.8) is 0 Å². The second kappa shape index (κ2) is 23.2. The number of carbonyl (C=O) groups is 1. The normalized spacial score (nSPS) is 13.8. The number of hydrogen-bond acceptors (Lipinski definition) is 3. The number of nitrogens with zero attached hydrogens (tertiary/aromatic N) is 1. The molecule has 2 unspecified atom stereocenters. The van der Waals surface area contributed by atoms with E-state index in [4.69, 9.17) is 0 Å². The van der Waals surface area contributed by atoms with Gasteiger partial charge in [0.2, 0.25) is 0 Å². The molecule has 30 heavy (non-hydrogen) atoms. The number of carbonyl (C=O) groups excluding carboxylic acids is 1. The Morgan fingerprint density at radius 3 is 1.53 bits per heavy atom. The van der Waals surface area contributed by atoms with Crippen LogP contribution >= 0.6 is 0 Å². The molecule has 0 spiro atoms. The van der Waals surface area contributed by atoms with Gasteiger partial charge >= 0.3 is 18.9 Å². The zero-order chi connectivity index (χ0) is 21.7. The predicted octanol–water partition coefficient (Wildman–Crippen LogP) is 3.15. The van der Waals surface area contributed by atoms with Crippen molar-refractivity contribution < 1.29 is 28.8 Å². The summed E-state index contributed by atoms with van der Waals surface area (Å²) in [5.41, 5.74) is 0. The maximum atomic E-state index is 11.3. The van der Waals surface area contributed by atoms with Crippen LogP contribution in [0.3, 0.4) is 0 Å². The Bertz CT molecular complexity index is 405. The first-order chi connectivity index (χ1) is 14.1. The minimum Gasteiger partial charge on any atom is -0.549 e. The molecule has 0 saturated heterocycles. The molecule has 0 aliphatic rings. The summed E-state index contributed by atoms with van der Waals surface area (Å²) >= 11 is 0. The van der Waals surface area contributed by atoms with E-state index in [2.05, 4.69) is 56.9 Å². The van der Waals surface area contributed by atoms with Crippen molar-refractivity contribution in [3.05, 3.63) is 24.3 Å². The molecule has 2 atom stereocenters. The predicted molar refractivity (Wildman–Crippen MR) is 125 cm³/mol. The summed E-state index contributed by atoms with van der Waals surface area (Å²) in [7, 11) is 0. The van der Waals surface area contributed by atoms with Crippen molar-refractivity contribution in [2.24, 2.45) is 11.8 Å². The van der Waals surface area contributed by atoms with E-state index in [0.717, 1.165) is 38.8 Å². The average Bonchev–Trinajstić information content (AvgIpc) is 2.70. The molecule has 0 amide bonds. The standard InChI is InChI=1S/C26H49NO2.Li/c1-5-9-11-13-15-17-19-24(7-3)21-27(23-26(28)29)22-25(8-4)20-18-16-14-12-10-6-2;/h9-12,24-25H,5-8,13-23H2,1-4H3,(H,28,29);/q;+1/p-1/b11-9+,12-10+;. The maximum Gasteiger partial charge on any atom is 1.00 e. The molecule has 0 heterocycles. The van der Waals surface area contributed by atoms with Crippen molar-refractivity contribution in [2.45, 2.75) is 105 Å². The Balaban J connectivity index is 0. The van der Waals surface area contributed by atoms with E-state index in [1.807, 2.05) is 0 Å². The molecule has 0 aliphatic heterocycles. The van der Waals surface area contributed by atoms with Crippen LogP contribution in [0.2, 0.25) is 0 Å². The van der Waals surface area contributed by atoms with Crippen LogP contribution in [0.5, 0.6) is 0 Å². The molecule has 0 aromatic rings. The Kier molecular flexibility index (Phi) is 24.5. The van der Waals surface area contributed by atoms with Gasteiger partial charge in [-0.3, -0.25) is 4.90 Å². The molecule has 4 heteroatoms. The summed E-state index contributed by atoms with van der Waals surface area (Å²) < 4.78 is 0. The Morgan fingerprint density at radius 1 is 0.767 bits per heavy atom. The van der Waals surface area contributed by atoms with Crippen LogP contribution in [0.25, 0.3) is 0 Å². The van der Waals surface area contributed by atoms with E-state index in [0.29, 0.717) is 11.8 Å². The minimum absolute atomic E-state index is 0. The van der Waals surface area contributed by atoms with Gasteiger partial charge in [0.05, 0.1) is 5.97 Å². The molecule has 0 saturated carbocycles. The summed E-state index contributed by atoms with van der Waals surface area (Å²) in [5.74, 6) is 0.228. The van der Waals surface area contributed by atoms with Gasteiger partial charge in [0.25, 0.3) is 0 Å². The Hall–Kier alpha value is -0.493. The van der Waals surface area contributed by atoms with Crippen molar-refractivity contribution in [3.8, 4) is 0 Å². The molecule has 0 bridgehead atoms. The van der Waals surface area contributed by atoms with Crippen LogP contribution in [-0.2, 0) is 4.79 Å². The van der Waals surface area contributed by atoms with Crippen LogP contribution in [0.15, 0.2) is 24.3 Å². The first-order valence-electron chi connectivity index (χ1n) is 12.3. The molecule has 0 fully saturated rings. The largest absolute Gasteiger partial charge is 1.00 e. The Labute approximate surface area is 199 Å². The second-order valence-electron chi connectivity index (χ2n) is 8.44. The minimum atomic E-state index is -0.941. The fourth-order valence-electron chi connectivity index (χ4n) is 3.92. The van der Waals surface area contributed by atoms with E-state index < -0.39 is 5.97 Å². The van der Waals surface area contributed by atoms with Gasteiger partial charge in [-0.2, -0.15) is 0 Å².